The number of aromatic hydroxyl groups is 2. The summed E-state index contributed by atoms with van der Waals surface area (Å²) >= 11 is 0. The topological polar surface area (TPSA) is 78.6 Å². The molecule has 0 fully saturated rings. The van der Waals surface area contributed by atoms with E-state index < -0.39 is 0 Å². The first kappa shape index (κ1) is 14.8. The van der Waals surface area contributed by atoms with Gasteiger partial charge in [-0.3, -0.25) is 0 Å². The zero-order valence-corrected chi connectivity index (χ0v) is 11.1. The second-order valence-electron chi connectivity index (χ2n) is 4.84. The highest BCUT2D eigenvalue weighted by molar-refractivity contribution is 5.40. The molecular weight excluding hydrogens is 232 g/mol. The van der Waals surface area contributed by atoms with Crippen molar-refractivity contribution in [3.8, 4) is 11.5 Å². The van der Waals surface area contributed by atoms with Gasteiger partial charge in [0.1, 0.15) is 7.05 Å². The summed E-state index contributed by atoms with van der Waals surface area (Å²) in [4.78, 5) is 0. The number of hydrogen-bond acceptors (Lipinski definition) is 5. The smallest absolute Gasteiger partial charge is 0.169 e. The van der Waals surface area contributed by atoms with Gasteiger partial charge >= 0.3 is 0 Å². The Balaban J connectivity index is 2.58. The van der Waals surface area contributed by atoms with Crippen LogP contribution in [0.3, 0.4) is 0 Å². The van der Waals surface area contributed by atoms with Crippen molar-refractivity contribution in [2.75, 3.05) is 13.7 Å². The van der Waals surface area contributed by atoms with E-state index in [-0.39, 0.29) is 24.1 Å². The first-order valence-electron chi connectivity index (χ1n) is 6.03. The Kier molecular flexibility index (Phi) is 5.40. The lowest BCUT2D eigenvalue weighted by Gasteiger charge is -2.19. The molecular formula is C13H22N2O3+. The number of benzene rings is 1. The molecule has 1 radical (unpaired) electrons. The van der Waals surface area contributed by atoms with Crippen LogP contribution in [0.4, 0.5) is 0 Å². The van der Waals surface area contributed by atoms with E-state index in [9.17, 15) is 15.3 Å². The fourth-order valence-corrected chi connectivity index (χ4v) is 1.67. The summed E-state index contributed by atoms with van der Waals surface area (Å²) in [5, 5.41) is 29.7. The van der Waals surface area contributed by atoms with E-state index in [0.29, 0.717) is 12.5 Å². The average Bonchev–Trinajstić information content (AvgIpc) is 2.30. The molecule has 1 aromatic rings. The van der Waals surface area contributed by atoms with Gasteiger partial charge < -0.3 is 15.3 Å². The number of nitrogens with one attached hydrogen (secondary N) is 1. The minimum atomic E-state index is -0.122. The molecule has 0 aliphatic rings. The van der Waals surface area contributed by atoms with E-state index in [4.69, 9.17) is 0 Å². The minimum Gasteiger partial charge on any atom is -0.504 e. The third-order valence-electron chi connectivity index (χ3n) is 2.85. The molecule has 0 aliphatic carbocycles. The molecule has 1 atom stereocenters. The van der Waals surface area contributed by atoms with Crippen LogP contribution >= 0.6 is 0 Å². The Bertz CT molecular complexity index is 382. The van der Waals surface area contributed by atoms with Crippen LogP contribution in [-0.2, 0) is 6.54 Å². The zero-order valence-electron chi connectivity index (χ0n) is 11.1. The van der Waals surface area contributed by atoms with Crippen LogP contribution < -0.4 is 10.4 Å². The number of nitrogens with zero attached hydrogens (tertiary/aromatic N) is 1. The third-order valence-corrected chi connectivity index (χ3v) is 2.85. The van der Waals surface area contributed by atoms with Gasteiger partial charge in [-0.05, 0) is 24.1 Å². The molecule has 0 heterocycles. The molecule has 1 rings (SSSR count). The van der Waals surface area contributed by atoms with Crippen LogP contribution in [-0.4, -0.2) is 35.0 Å². The van der Waals surface area contributed by atoms with Crippen molar-refractivity contribution in [3.63, 3.8) is 0 Å². The van der Waals surface area contributed by atoms with Crippen LogP contribution in [0.15, 0.2) is 18.2 Å². The minimum absolute atomic E-state index is 0.000659. The van der Waals surface area contributed by atoms with E-state index in [1.54, 1.807) is 6.07 Å². The van der Waals surface area contributed by atoms with E-state index in [2.05, 4.69) is 5.43 Å². The monoisotopic (exact) mass is 254 g/mol. The van der Waals surface area contributed by atoms with Crippen molar-refractivity contribution >= 4 is 0 Å². The predicted octanol–water partition coefficient (Wildman–Crippen LogP) is 0.889. The van der Waals surface area contributed by atoms with Crippen molar-refractivity contribution in [1.82, 2.24) is 10.4 Å². The highest BCUT2D eigenvalue weighted by Gasteiger charge is 2.20. The molecule has 0 aliphatic heterocycles. The summed E-state index contributed by atoms with van der Waals surface area (Å²) in [7, 11) is 1.87. The number of aliphatic hydroxyl groups excluding tert-OH is 1. The van der Waals surface area contributed by atoms with Gasteiger partial charge in [0.05, 0.1) is 12.6 Å². The summed E-state index contributed by atoms with van der Waals surface area (Å²) in [6.45, 7) is 4.71. The Morgan fingerprint density at radius 1 is 1.22 bits per heavy atom. The van der Waals surface area contributed by atoms with E-state index in [1.165, 1.54) is 12.1 Å². The number of phenols is 2. The first-order valence-corrected chi connectivity index (χ1v) is 6.03. The second-order valence-corrected chi connectivity index (χ2v) is 4.84. The average molecular weight is 254 g/mol. The highest BCUT2D eigenvalue weighted by atomic mass is 16.3. The van der Waals surface area contributed by atoms with Crippen molar-refractivity contribution in [2.45, 2.75) is 26.4 Å². The van der Waals surface area contributed by atoms with Gasteiger partial charge in [-0.25, -0.2) is 0 Å². The molecule has 4 N–H and O–H groups in total. The number of aliphatic hydroxyl groups is 1. The van der Waals surface area contributed by atoms with Gasteiger partial charge in [-0.15, -0.1) is 5.43 Å². The standard InChI is InChI=1S/C13H22N2O3/c1-9(2)11(8-16)14-15(3)7-10-4-5-12(17)13(18)6-10/h4-6,9,11,14,16-18H,7-8H2,1-3H3/q+1/t11-/m0/s1. The number of rotatable bonds is 6. The lowest BCUT2D eigenvalue weighted by atomic mass is 10.1. The molecule has 0 amide bonds. The number of hydrogen-bond donors (Lipinski definition) is 4. The normalized spacial score (nSPS) is 13.2. The number of phenolic OH excluding ortho intramolecular Hbond substituents is 2. The van der Waals surface area contributed by atoms with Crippen LogP contribution in [0.5, 0.6) is 11.5 Å². The summed E-state index contributed by atoms with van der Waals surface area (Å²) < 4.78 is 0. The van der Waals surface area contributed by atoms with Gasteiger partial charge in [0.25, 0.3) is 0 Å². The van der Waals surface area contributed by atoms with Gasteiger partial charge in [-0.1, -0.05) is 18.9 Å². The predicted molar refractivity (Wildman–Crippen MR) is 70.4 cm³/mol. The molecule has 0 unspecified atom stereocenters. The zero-order chi connectivity index (χ0) is 13.7. The Morgan fingerprint density at radius 3 is 2.39 bits per heavy atom. The number of hydrazine groups is 1. The highest BCUT2D eigenvalue weighted by Crippen LogP contribution is 2.24. The van der Waals surface area contributed by atoms with Crippen LogP contribution in [0, 0.1) is 5.92 Å². The lowest BCUT2D eigenvalue weighted by Crippen LogP contribution is -2.50. The van der Waals surface area contributed by atoms with Gasteiger partial charge in [0.15, 0.2) is 18.0 Å². The summed E-state index contributed by atoms with van der Waals surface area (Å²) in [5.41, 5.74) is 4.06. The molecule has 0 saturated heterocycles. The molecule has 0 aromatic heterocycles. The van der Waals surface area contributed by atoms with E-state index in [0.717, 1.165) is 5.56 Å². The quantitative estimate of drug-likeness (QED) is 0.345. The largest absolute Gasteiger partial charge is 0.504 e. The lowest BCUT2D eigenvalue weighted by molar-refractivity contribution is 0.165. The van der Waals surface area contributed by atoms with E-state index in [1.807, 2.05) is 25.9 Å². The molecule has 0 bridgehead atoms. The van der Waals surface area contributed by atoms with Crippen molar-refractivity contribution in [2.24, 2.45) is 5.92 Å². The van der Waals surface area contributed by atoms with Crippen LogP contribution in [0.1, 0.15) is 19.4 Å². The molecule has 5 nitrogen and oxygen atoms in total. The third kappa shape index (κ3) is 4.18. The molecule has 101 valence electrons. The molecule has 0 saturated carbocycles. The fraction of sp³-hybridized carbons (Fsp3) is 0.538. The van der Waals surface area contributed by atoms with E-state index >= 15 is 0 Å². The SMILES string of the molecule is CC(C)[C@H](CO)N[N+](C)Cc1ccc(O)c(O)c1. The fourth-order valence-electron chi connectivity index (χ4n) is 1.67. The summed E-state index contributed by atoms with van der Waals surface area (Å²) in [5.74, 6) is 0.0823. The maximum absolute atomic E-state index is 9.40. The Hall–Kier alpha value is -1.30. The molecule has 18 heavy (non-hydrogen) atoms. The van der Waals surface area contributed by atoms with Crippen LogP contribution in [0.25, 0.3) is 0 Å². The molecule has 5 heteroatoms. The van der Waals surface area contributed by atoms with Crippen molar-refractivity contribution in [3.05, 3.63) is 23.8 Å². The Labute approximate surface area is 108 Å². The van der Waals surface area contributed by atoms with Crippen LogP contribution in [0.2, 0.25) is 0 Å². The van der Waals surface area contributed by atoms with Gasteiger partial charge in [0.2, 0.25) is 0 Å². The maximum Gasteiger partial charge on any atom is 0.169 e. The Morgan fingerprint density at radius 2 is 1.89 bits per heavy atom. The first-order chi connectivity index (χ1) is 8.43. The molecule has 0 spiro atoms. The van der Waals surface area contributed by atoms with Gasteiger partial charge in [0, 0.05) is 5.56 Å². The van der Waals surface area contributed by atoms with Crippen molar-refractivity contribution < 1.29 is 15.3 Å². The van der Waals surface area contributed by atoms with Crippen molar-refractivity contribution in [1.29, 1.82) is 0 Å². The summed E-state index contributed by atoms with van der Waals surface area (Å²) in [6.07, 6.45) is 0. The van der Waals surface area contributed by atoms with Gasteiger partial charge in [-0.2, -0.15) is 0 Å². The summed E-state index contributed by atoms with van der Waals surface area (Å²) in [6, 6.07) is 4.73. The molecule has 1 aromatic carbocycles. The second kappa shape index (κ2) is 6.58. The maximum atomic E-state index is 9.40.